The standard InChI is InChI=1S/C14H18O4/c1-4-12(15)17-14(18-13(16)10(2)3)11-8-6-5-7-9-11/h5-10,14H,4H2,1-3H3. The monoisotopic (exact) mass is 250 g/mol. The van der Waals surface area contributed by atoms with Crippen LogP contribution in [-0.2, 0) is 19.1 Å². The lowest BCUT2D eigenvalue weighted by molar-refractivity contribution is -0.191. The van der Waals surface area contributed by atoms with Crippen LogP contribution in [-0.4, -0.2) is 11.9 Å². The van der Waals surface area contributed by atoms with E-state index in [2.05, 4.69) is 0 Å². The maximum Gasteiger partial charge on any atom is 0.311 e. The Bertz CT molecular complexity index is 398. The fourth-order valence-corrected chi connectivity index (χ4v) is 1.21. The zero-order chi connectivity index (χ0) is 13.5. The molecule has 0 aliphatic carbocycles. The van der Waals surface area contributed by atoms with Gasteiger partial charge in [-0.15, -0.1) is 0 Å². The highest BCUT2D eigenvalue weighted by Crippen LogP contribution is 2.20. The molecular weight excluding hydrogens is 232 g/mol. The van der Waals surface area contributed by atoms with Crippen LogP contribution in [0.2, 0.25) is 0 Å². The number of benzene rings is 1. The SMILES string of the molecule is CCC(=O)OC(OC(=O)C(C)C)c1ccccc1. The van der Waals surface area contributed by atoms with Crippen molar-refractivity contribution in [3.8, 4) is 0 Å². The van der Waals surface area contributed by atoms with Crippen molar-refractivity contribution in [2.75, 3.05) is 0 Å². The first-order chi connectivity index (χ1) is 8.54. The molecule has 4 nitrogen and oxygen atoms in total. The molecule has 4 heteroatoms. The summed E-state index contributed by atoms with van der Waals surface area (Å²) < 4.78 is 10.3. The summed E-state index contributed by atoms with van der Waals surface area (Å²) in [7, 11) is 0. The highest BCUT2D eigenvalue weighted by molar-refractivity contribution is 5.72. The zero-order valence-electron chi connectivity index (χ0n) is 10.9. The van der Waals surface area contributed by atoms with Crippen LogP contribution in [0.25, 0.3) is 0 Å². The second-order valence-electron chi connectivity index (χ2n) is 4.18. The van der Waals surface area contributed by atoms with E-state index in [-0.39, 0.29) is 12.3 Å². The highest BCUT2D eigenvalue weighted by atomic mass is 16.7. The van der Waals surface area contributed by atoms with Gasteiger partial charge in [-0.3, -0.25) is 9.59 Å². The largest absolute Gasteiger partial charge is 0.421 e. The Labute approximate surface area is 107 Å². The quantitative estimate of drug-likeness (QED) is 0.595. The van der Waals surface area contributed by atoms with Crippen LogP contribution >= 0.6 is 0 Å². The van der Waals surface area contributed by atoms with Crippen molar-refractivity contribution in [3.63, 3.8) is 0 Å². The lowest BCUT2D eigenvalue weighted by atomic mass is 10.2. The Morgan fingerprint density at radius 3 is 2.22 bits per heavy atom. The van der Waals surface area contributed by atoms with Gasteiger partial charge in [-0.2, -0.15) is 0 Å². The van der Waals surface area contributed by atoms with Gasteiger partial charge in [0.25, 0.3) is 6.29 Å². The van der Waals surface area contributed by atoms with Crippen LogP contribution in [0.1, 0.15) is 39.0 Å². The van der Waals surface area contributed by atoms with E-state index in [0.717, 1.165) is 0 Å². The van der Waals surface area contributed by atoms with Gasteiger partial charge < -0.3 is 9.47 Å². The fourth-order valence-electron chi connectivity index (χ4n) is 1.21. The predicted octanol–water partition coefficient (Wildman–Crippen LogP) is 2.84. The van der Waals surface area contributed by atoms with Crippen LogP contribution in [0, 0.1) is 5.92 Å². The average Bonchev–Trinajstić information content (AvgIpc) is 2.38. The van der Waals surface area contributed by atoms with Crippen molar-refractivity contribution in [1.82, 2.24) is 0 Å². The smallest absolute Gasteiger partial charge is 0.311 e. The summed E-state index contributed by atoms with van der Waals surface area (Å²) in [6.45, 7) is 5.15. The molecule has 0 spiro atoms. The molecule has 0 saturated heterocycles. The summed E-state index contributed by atoms with van der Waals surface area (Å²) in [5, 5.41) is 0. The second-order valence-corrected chi connectivity index (χ2v) is 4.18. The van der Waals surface area contributed by atoms with E-state index in [4.69, 9.17) is 9.47 Å². The Kier molecular flexibility index (Phi) is 5.36. The minimum atomic E-state index is -0.964. The molecular formula is C14H18O4. The molecule has 0 amide bonds. The third-order valence-electron chi connectivity index (χ3n) is 2.29. The van der Waals surface area contributed by atoms with Crippen molar-refractivity contribution >= 4 is 11.9 Å². The van der Waals surface area contributed by atoms with E-state index >= 15 is 0 Å². The fraction of sp³-hybridized carbons (Fsp3) is 0.429. The van der Waals surface area contributed by atoms with Crippen LogP contribution in [0.5, 0.6) is 0 Å². The number of carbonyl (C=O) groups excluding carboxylic acids is 2. The zero-order valence-corrected chi connectivity index (χ0v) is 10.9. The lowest BCUT2D eigenvalue weighted by Gasteiger charge is -2.19. The van der Waals surface area contributed by atoms with E-state index in [9.17, 15) is 9.59 Å². The van der Waals surface area contributed by atoms with Gasteiger partial charge in [-0.25, -0.2) is 0 Å². The van der Waals surface area contributed by atoms with Crippen LogP contribution < -0.4 is 0 Å². The van der Waals surface area contributed by atoms with E-state index in [1.807, 2.05) is 6.07 Å². The van der Waals surface area contributed by atoms with Gasteiger partial charge >= 0.3 is 11.9 Å². The first-order valence-corrected chi connectivity index (χ1v) is 5.99. The molecule has 1 unspecified atom stereocenters. The summed E-state index contributed by atoms with van der Waals surface area (Å²) >= 11 is 0. The molecule has 0 N–H and O–H groups in total. The maximum atomic E-state index is 11.6. The molecule has 1 aromatic rings. The van der Waals surface area contributed by atoms with Gasteiger partial charge in [-0.05, 0) is 0 Å². The van der Waals surface area contributed by atoms with E-state index < -0.39 is 18.2 Å². The number of rotatable bonds is 5. The summed E-state index contributed by atoms with van der Waals surface area (Å²) in [6, 6.07) is 8.94. The maximum absolute atomic E-state index is 11.6. The van der Waals surface area contributed by atoms with Crippen LogP contribution in [0.15, 0.2) is 30.3 Å². The van der Waals surface area contributed by atoms with Gasteiger partial charge in [-0.1, -0.05) is 51.1 Å². The Morgan fingerprint density at radius 2 is 1.72 bits per heavy atom. The Morgan fingerprint density at radius 1 is 1.11 bits per heavy atom. The summed E-state index contributed by atoms with van der Waals surface area (Å²) in [4.78, 5) is 22.9. The van der Waals surface area contributed by atoms with Gasteiger partial charge in [0, 0.05) is 12.0 Å². The number of esters is 2. The molecule has 98 valence electrons. The van der Waals surface area contributed by atoms with Gasteiger partial charge in [0.15, 0.2) is 0 Å². The Hall–Kier alpha value is -1.84. The van der Waals surface area contributed by atoms with Crippen molar-refractivity contribution in [2.24, 2.45) is 5.92 Å². The number of ether oxygens (including phenoxy) is 2. The molecule has 0 aliphatic heterocycles. The van der Waals surface area contributed by atoms with Crippen molar-refractivity contribution in [2.45, 2.75) is 33.5 Å². The predicted molar refractivity (Wildman–Crippen MR) is 66.5 cm³/mol. The lowest BCUT2D eigenvalue weighted by Crippen LogP contribution is -2.20. The molecule has 0 heterocycles. The van der Waals surface area contributed by atoms with Gasteiger partial charge in [0.2, 0.25) is 0 Å². The van der Waals surface area contributed by atoms with E-state index in [0.29, 0.717) is 5.56 Å². The molecule has 0 aliphatic rings. The highest BCUT2D eigenvalue weighted by Gasteiger charge is 2.21. The molecule has 0 bridgehead atoms. The molecule has 0 fully saturated rings. The summed E-state index contributed by atoms with van der Waals surface area (Å²) in [6.07, 6.45) is -0.726. The first kappa shape index (κ1) is 14.2. The molecule has 0 radical (unpaired) electrons. The normalized spacial score (nSPS) is 12.0. The van der Waals surface area contributed by atoms with Crippen LogP contribution in [0.3, 0.4) is 0 Å². The summed E-state index contributed by atoms with van der Waals surface area (Å²) in [5.41, 5.74) is 0.647. The minimum absolute atomic E-state index is 0.239. The van der Waals surface area contributed by atoms with Crippen molar-refractivity contribution < 1.29 is 19.1 Å². The molecule has 1 atom stereocenters. The third kappa shape index (κ3) is 4.20. The number of hydrogen-bond donors (Lipinski definition) is 0. The number of carbonyl (C=O) groups is 2. The van der Waals surface area contributed by atoms with E-state index in [1.165, 1.54) is 0 Å². The number of hydrogen-bond acceptors (Lipinski definition) is 4. The first-order valence-electron chi connectivity index (χ1n) is 5.99. The molecule has 0 aromatic heterocycles. The van der Waals surface area contributed by atoms with Crippen molar-refractivity contribution in [1.29, 1.82) is 0 Å². The second kappa shape index (κ2) is 6.79. The van der Waals surface area contributed by atoms with Gasteiger partial charge in [0.1, 0.15) is 0 Å². The molecule has 1 rings (SSSR count). The average molecular weight is 250 g/mol. The molecule has 18 heavy (non-hydrogen) atoms. The van der Waals surface area contributed by atoms with E-state index in [1.54, 1.807) is 45.0 Å². The summed E-state index contributed by atoms with van der Waals surface area (Å²) in [5.74, 6) is -1.07. The molecule has 1 aromatic carbocycles. The van der Waals surface area contributed by atoms with Gasteiger partial charge in [0.05, 0.1) is 5.92 Å². The van der Waals surface area contributed by atoms with Crippen molar-refractivity contribution in [3.05, 3.63) is 35.9 Å². The Balaban J connectivity index is 2.82. The van der Waals surface area contributed by atoms with Crippen LogP contribution in [0.4, 0.5) is 0 Å². The minimum Gasteiger partial charge on any atom is -0.421 e. The third-order valence-corrected chi connectivity index (χ3v) is 2.29. The topological polar surface area (TPSA) is 52.6 Å². The molecule has 0 saturated carbocycles.